The van der Waals surface area contributed by atoms with Crippen LogP contribution in [0.5, 0.6) is 5.75 Å². The molecule has 0 aliphatic carbocycles. The Morgan fingerprint density at radius 1 is 1.10 bits per heavy atom. The molecule has 0 spiro atoms. The van der Waals surface area contributed by atoms with Crippen LogP contribution in [0.4, 0.5) is 13.2 Å². The molecule has 1 amide bonds. The average Bonchev–Trinajstić information content (AvgIpc) is 2.77. The van der Waals surface area contributed by atoms with Crippen molar-refractivity contribution in [2.24, 2.45) is 0 Å². The van der Waals surface area contributed by atoms with Gasteiger partial charge < -0.3 is 9.64 Å². The number of rotatable bonds is 6. The molecule has 12 heteroatoms. The van der Waals surface area contributed by atoms with Crippen LogP contribution in [0.15, 0.2) is 52.5 Å². The smallest absolute Gasteiger partial charge is 0.417 e. The third kappa shape index (κ3) is 5.69. The van der Waals surface area contributed by atoms with Gasteiger partial charge in [-0.2, -0.15) is 17.5 Å². The molecular formula is C19H20F3N3O4S2. The van der Waals surface area contributed by atoms with E-state index >= 15 is 0 Å². The van der Waals surface area contributed by atoms with Crippen molar-refractivity contribution in [3.63, 3.8) is 0 Å². The van der Waals surface area contributed by atoms with Crippen molar-refractivity contribution < 1.29 is 31.1 Å². The Balaban J connectivity index is 1.52. The number of carbonyl (C=O) groups is 1. The van der Waals surface area contributed by atoms with Gasteiger partial charge in [0.2, 0.25) is 15.9 Å². The van der Waals surface area contributed by atoms with Crippen LogP contribution in [0.3, 0.4) is 0 Å². The Morgan fingerprint density at radius 3 is 2.26 bits per heavy atom. The number of hydrogen-bond acceptors (Lipinski definition) is 6. The summed E-state index contributed by atoms with van der Waals surface area (Å²) < 4.78 is 69.6. The number of hydrogen-bond donors (Lipinski definition) is 0. The quantitative estimate of drug-likeness (QED) is 0.598. The van der Waals surface area contributed by atoms with Crippen LogP contribution in [-0.4, -0.2) is 67.6 Å². The molecule has 1 aliphatic heterocycles. The molecule has 1 aromatic heterocycles. The zero-order valence-electron chi connectivity index (χ0n) is 16.5. The summed E-state index contributed by atoms with van der Waals surface area (Å²) in [6.45, 7) is 0.775. The maximum Gasteiger partial charge on any atom is 0.417 e. The van der Waals surface area contributed by atoms with Crippen molar-refractivity contribution in [1.29, 1.82) is 0 Å². The Morgan fingerprint density at radius 2 is 1.74 bits per heavy atom. The number of alkyl halides is 3. The summed E-state index contributed by atoms with van der Waals surface area (Å²) in [5.41, 5.74) is -0.850. The summed E-state index contributed by atoms with van der Waals surface area (Å²) in [5.74, 6) is 0.325. The minimum absolute atomic E-state index is 0.00357. The van der Waals surface area contributed by atoms with Crippen molar-refractivity contribution in [3.8, 4) is 5.75 Å². The fraction of sp³-hybridized carbons (Fsp3) is 0.368. The van der Waals surface area contributed by atoms with Gasteiger partial charge in [0.05, 0.1) is 28.3 Å². The lowest BCUT2D eigenvalue weighted by Crippen LogP contribution is -2.50. The van der Waals surface area contributed by atoms with Crippen LogP contribution < -0.4 is 4.74 Å². The first-order valence-electron chi connectivity index (χ1n) is 9.19. The van der Waals surface area contributed by atoms with Gasteiger partial charge in [0, 0.05) is 32.4 Å². The van der Waals surface area contributed by atoms with Gasteiger partial charge in [0.1, 0.15) is 5.75 Å². The molecule has 0 N–H and O–H groups in total. The van der Waals surface area contributed by atoms with E-state index in [2.05, 4.69) is 4.98 Å². The van der Waals surface area contributed by atoms with Crippen LogP contribution in [0.1, 0.15) is 5.56 Å². The van der Waals surface area contributed by atoms with Gasteiger partial charge >= 0.3 is 6.18 Å². The van der Waals surface area contributed by atoms with Crippen LogP contribution in [0, 0.1) is 0 Å². The van der Waals surface area contributed by atoms with Crippen LogP contribution >= 0.6 is 11.8 Å². The Hall–Kier alpha value is -2.31. The van der Waals surface area contributed by atoms with E-state index in [0.29, 0.717) is 10.8 Å². The lowest BCUT2D eigenvalue weighted by atomic mass is 10.3. The number of halogens is 3. The third-order valence-corrected chi connectivity index (χ3v) is 7.54. The second kappa shape index (κ2) is 9.45. The molecule has 2 aromatic rings. The number of benzene rings is 1. The summed E-state index contributed by atoms with van der Waals surface area (Å²) in [6, 6.07) is 8.22. The van der Waals surface area contributed by atoms with Gasteiger partial charge in [-0.1, -0.05) is 11.8 Å². The van der Waals surface area contributed by atoms with Crippen molar-refractivity contribution in [3.05, 3.63) is 48.2 Å². The van der Waals surface area contributed by atoms with E-state index in [9.17, 15) is 26.4 Å². The number of pyridine rings is 1. The molecule has 0 unspecified atom stereocenters. The number of ether oxygens (including phenoxy) is 1. The minimum atomic E-state index is -4.46. The first kappa shape index (κ1) is 23.4. The van der Waals surface area contributed by atoms with E-state index in [1.807, 2.05) is 0 Å². The van der Waals surface area contributed by atoms with Crippen LogP contribution in [0.25, 0.3) is 0 Å². The Kier molecular flexibility index (Phi) is 7.12. The highest BCUT2D eigenvalue weighted by Crippen LogP contribution is 2.29. The summed E-state index contributed by atoms with van der Waals surface area (Å²) >= 11 is 1.03. The number of carbonyl (C=O) groups excluding carboxylic acids is 1. The number of thioether (sulfide) groups is 1. The third-order valence-electron chi connectivity index (χ3n) is 4.70. The molecule has 0 saturated carbocycles. The summed E-state index contributed by atoms with van der Waals surface area (Å²) in [4.78, 5) is 17.8. The van der Waals surface area contributed by atoms with Crippen LogP contribution in [-0.2, 0) is 21.0 Å². The number of amides is 1. The lowest BCUT2D eigenvalue weighted by molar-refractivity contribution is -0.138. The molecule has 1 saturated heterocycles. The maximum absolute atomic E-state index is 12.8. The van der Waals surface area contributed by atoms with Crippen molar-refractivity contribution in [1.82, 2.24) is 14.2 Å². The first-order valence-corrected chi connectivity index (χ1v) is 11.6. The molecule has 7 nitrogen and oxygen atoms in total. The van der Waals surface area contributed by atoms with Crippen molar-refractivity contribution in [2.75, 3.05) is 39.0 Å². The van der Waals surface area contributed by atoms with Gasteiger partial charge in [0.15, 0.2) is 0 Å². The maximum atomic E-state index is 12.8. The normalized spacial score (nSPS) is 15.7. The molecule has 168 valence electrons. The highest BCUT2D eigenvalue weighted by molar-refractivity contribution is 7.99. The molecule has 0 atom stereocenters. The number of aromatic nitrogens is 1. The highest BCUT2D eigenvalue weighted by atomic mass is 32.2. The van der Waals surface area contributed by atoms with Gasteiger partial charge in [-0.05, 0) is 36.4 Å². The molecule has 2 heterocycles. The van der Waals surface area contributed by atoms with E-state index in [-0.39, 0.29) is 42.7 Å². The van der Waals surface area contributed by atoms with Gasteiger partial charge in [-0.15, -0.1) is 0 Å². The molecule has 1 aromatic carbocycles. The Bertz CT molecular complexity index is 1010. The summed E-state index contributed by atoms with van der Waals surface area (Å²) in [7, 11) is -2.18. The van der Waals surface area contributed by atoms with Crippen molar-refractivity contribution in [2.45, 2.75) is 16.1 Å². The average molecular weight is 476 g/mol. The number of methoxy groups -OCH3 is 1. The molecule has 31 heavy (non-hydrogen) atoms. The fourth-order valence-electron chi connectivity index (χ4n) is 2.93. The molecule has 1 fully saturated rings. The standard InChI is InChI=1S/C19H20F3N3O4S2/c1-29-15-3-5-16(6-4-15)31(27,28)25-10-8-24(9-11-25)18(26)13-30-17-7-2-14(12-23-17)19(20,21)22/h2-7,12H,8-11,13H2,1H3. The van der Waals surface area contributed by atoms with Gasteiger partial charge in [0.25, 0.3) is 0 Å². The predicted molar refractivity (Wildman–Crippen MR) is 108 cm³/mol. The van der Waals surface area contributed by atoms with E-state index < -0.39 is 21.8 Å². The molecule has 1 aliphatic rings. The van der Waals surface area contributed by atoms with Gasteiger partial charge in [-0.3, -0.25) is 4.79 Å². The minimum Gasteiger partial charge on any atom is -0.497 e. The fourth-order valence-corrected chi connectivity index (χ4v) is 5.10. The highest BCUT2D eigenvalue weighted by Gasteiger charge is 2.31. The SMILES string of the molecule is COc1ccc(S(=O)(=O)N2CCN(C(=O)CSc3ccc(C(F)(F)F)cn3)CC2)cc1. The van der Waals surface area contributed by atoms with Crippen LogP contribution in [0.2, 0.25) is 0 Å². The molecule has 0 bridgehead atoms. The molecular weight excluding hydrogens is 455 g/mol. The summed E-state index contributed by atoms with van der Waals surface area (Å²) in [6.07, 6.45) is -3.73. The Labute approximate surface area is 182 Å². The molecule has 3 rings (SSSR count). The second-order valence-corrected chi connectivity index (χ2v) is 9.57. The summed E-state index contributed by atoms with van der Waals surface area (Å²) in [5, 5.41) is 0.307. The number of sulfonamides is 1. The zero-order chi connectivity index (χ0) is 22.6. The van der Waals surface area contributed by atoms with E-state index in [1.165, 1.54) is 34.5 Å². The first-order chi connectivity index (χ1) is 14.6. The van der Waals surface area contributed by atoms with Crippen molar-refractivity contribution >= 4 is 27.7 Å². The number of nitrogens with zero attached hydrogens (tertiary/aromatic N) is 3. The number of piperazine rings is 1. The lowest BCUT2D eigenvalue weighted by Gasteiger charge is -2.34. The van der Waals surface area contributed by atoms with E-state index in [0.717, 1.165) is 24.0 Å². The van der Waals surface area contributed by atoms with E-state index in [4.69, 9.17) is 4.74 Å². The predicted octanol–water partition coefficient (Wildman–Crippen LogP) is 2.73. The monoisotopic (exact) mass is 475 g/mol. The zero-order valence-corrected chi connectivity index (χ0v) is 18.1. The van der Waals surface area contributed by atoms with Gasteiger partial charge in [-0.25, -0.2) is 13.4 Å². The largest absolute Gasteiger partial charge is 0.497 e. The second-order valence-electron chi connectivity index (χ2n) is 6.63. The van der Waals surface area contributed by atoms with E-state index in [1.54, 1.807) is 12.1 Å². The molecule has 0 radical (unpaired) electrons. The topological polar surface area (TPSA) is 79.8 Å².